The average molecular weight is 404 g/mol. The third-order valence-electron chi connectivity index (χ3n) is 4.17. The molecule has 27 heavy (non-hydrogen) atoms. The van der Waals surface area contributed by atoms with Crippen LogP contribution >= 0.6 is 23.2 Å². The molecule has 0 saturated carbocycles. The molecule has 140 valence electrons. The summed E-state index contributed by atoms with van der Waals surface area (Å²) in [7, 11) is 1.86. The molecule has 3 rings (SSSR count). The zero-order chi connectivity index (χ0) is 19.6. The number of aryl methyl sites for hydroxylation is 1. The summed E-state index contributed by atoms with van der Waals surface area (Å²) in [5.74, 6) is 0.629. The van der Waals surface area contributed by atoms with E-state index in [0.29, 0.717) is 39.3 Å². The van der Waals surface area contributed by atoms with Crippen molar-refractivity contribution in [1.82, 2.24) is 15.3 Å². The van der Waals surface area contributed by atoms with Gasteiger partial charge in [-0.1, -0.05) is 35.3 Å². The van der Waals surface area contributed by atoms with E-state index < -0.39 is 5.91 Å². The monoisotopic (exact) mass is 403 g/mol. The van der Waals surface area contributed by atoms with E-state index in [1.807, 2.05) is 25.2 Å². The molecule has 8 heteroatoms. The van der Waals surface area contributed by atoms with Gasteiger partial charge >= 0.3 is 0 Å². The van der Waals surface area contributed by atoms with Crippen LogP contribution < -0.4 is 16.4 Å². The number of benzene rings is 2. The number of primary amides is 1. The Kier molecular flexibility index (Phi) is 5.79. The number of nitrogens with zero attached hydrogens (tertiary/aromatic N) is 2. The van der Waals surface area contributed by atoms with Gasteiger partial charge in [-0.3, -0.25) is 4.79 Å². The van der Waals surface area contributed by atoms with Gasteiger partial charge in [0.2, 0.25) is 0 Å². The van der Waals surface area contributed by atoms with Gasteiger partial charge in [-0.2, -0.15) is 0 Å². The van der Waals surface area contributed by atoms with Crippen molar-refractivity contribution in [2.24, 2.45) is 5.73 Å². The number of rotatable bonds is 6. The Bertz CT molecular complexity index is 1010. The van der Waals surface area contributed by atoms with Crippen LogP contribution in [0.1, 0.15) is 27.8 Å². The van der Waals surface area contributed by atoms with Crippen molar-refractivity contribution in [3.8, 4) is 0 Å². The van der Waals surface area contributed by atoms with Crippen LogP contribution in [0.2, 0.25) is 10.0 Å². The molecule has 0 spiro atoms. The predicted octanol–water partition coefficient (Wildman–Crippen LogP) is 3.72. The van der Waals surface area contributed by atoms with Crippen LogP contribution in [0.5, 0.6) is 0 Å². The fourth-order valence-corrected chi connectivity index (χ4v) is 3.23. The number of amides is 1. The van der Waals surface area contributed by atoms with Gasteiger partial charge in [0.15, 0.2) is 0 Å². The Morgan fingerprint density at radius 3 is 2.63 bits per heavy atom. The zero-order valence-electron chi connectivity index (χ0n) is 14.9. The Balaban J connectivity index is 2.08. The molecule has 0 radical (unpaired) electrons. The van der Waals surface area contributed by atoms with Crippen molar-refractivity contribution in [1.29, 1.82) is 0 Å². The highest BCUT2D eigenvalue weighted by atomic mass is 35.5. The maximum Gasteiger partial charge on any atom is 0.250 e. The van der Waals surface area contributed by atoms with Gasteiger partial charge in [-0.25, -0.2) is 9.97 Å². The van der Waals surface area contributed by atoms with E-state index in [1.165, 1.54) is 0 Å². The molecule has 1 heterocycles. The topological polar surface area (TPSA) is 92.9 Å². The fraction of sp³-hybridized carbons (Fsp3) is 0.211. The van der Waals surface area contributed by atoms with Crippen LogP contribution in [-0.4, -0.2) is 29.5 Å². The number of likely N-dealkylation sites (N-methyl/N-ethyl adjacent to an activating group) is 1. The van der Waals surface area contributed by atoms with Gasteiger partial charge in [0.05, 0.1) is 27.2 Å². The minimum absolute atomic E-state index is 0.125. The smallest absolute Gasteiger partial charge is 0.250 e. The summed E-state index contributed by atoms with van der Waals surface area (Å²) in [6, 6.07) is 10.6. The number of nitrogens with two attached hydrogens (primary N) is 1. The minimum atomic E-state index is -0.527. The largest absolute Gasteiger partial charge is 0.366 e. The van der Waals surface area contributed by atoms with Crippen molar-refractivity contribution >= 4 is 45.8 Å². The third kappa shape index (κ3) is 4.13. The second-order valence-electron chi connectivity index (χ2n) is 6.11. The molecule has 0 aliphatic carbocycles. The Morgan fingerprint density at radius 2 is 1.96 bits per heavy atom. The lowest BCUT2D eigenvalue weighted by Gasteiger charge is -2.21. The summed E-state index contributed by atoms with van der Waals surface area (Å²) in [6.07, 6.45) is 0. The van der Waals surface area contributed by atoms with Gasteiger partial charge in [0.25, 0.3) is 5.91 Å². The first-order chi connectivity index (χ1) is 12.9. The number of fused-ring (bicyclic) bond motifs is 1. The van der Waals surface area contributed by atoms with E-state index in [1.54, 1.807) is 25.1 Å². The normalized spacial score (nSPS) is 12.1. The van der Waals surface area contributed by atoms with Gasteiger partial charge < -0.3 is 16.4 Å². The number of hydrogen-bond donors (Lipinski definition) is 3. The lowest BCUT2D eigenvalue weighted by Crippen LogP contribution is -2.24. The van der Waals surface area contributed by atoms with Crippen LogP contribution in [-0.2, 0) is 0 Å². The number of nitrogens with one attached hydrogen (secondary N) is 2. The maximum absolute atomic E-state index is 11.8. The van der Waals surface area contributed by atoms with E-state index in [-0.39, 0.29) is 6.04 Å². The molecule has 0 aliphatic rings. The molecule has 6 nitrogen and oxygen atoms in total. The second-order valence-corrected chi connectivity index (χ2v) is 6.93. The predicted molar refractivity (Wildman–Crippen MR) is 110 cm³/mol. The first-order valence-electron chi connectivity index (χ1n) is 8.34. The fourth-order valence-electron chi connectivity index (χ4n) is 2.92. The average Bonchev–Trinajstić information content (AvgIpc) is 2.63. The molecular weight excluding hydrogens is 385 g/mol. The number of para-hydroxylation sites is 1. The first-order valence-corrected chi connectivity index (χ1v) is 9.09. The lowest BCUT2D eigenvalue weighted by molar-refractivity contribution is 0.100. The molecule has 0 fully saturated rings. The lowest BCUT2D eigenvalue weighted by atomic mass is 10.1. The van der Waals surface area contributed by atoms with Crippen LogP contribution in [0.3, 0.4) is 0 Å². The zero-order valence-corrected chi connectivity index (χ0v) is 16.4. The number of halogens is 2. The molecular formula is C19H19Cl2N5O. The Labute approximate surface area is 167 Å². The van der Waals surface area contributed by atoms with E-state index in [9.17, 15) is 4.79 Å². The molecule has 1 aromatic heterocycles. The van der Waals surface area contributed by atoms with E-state index in [0.717, 1.165) is 10.9 Å². The van der Waals surface area contributed by atoms with Crippen molar-refractivity contribution < 1.29 is 4.79 Å². The van der Waals surface area contributed by atoms with Crippen LogP contribution in [0.15, 0.2) is 36.4 Å². The molecule has 0 saturated heterocycles. The SMILES string of the molecule is CNCC(Nc1nc(C)nc2c(C(N)=O)cccc12)c1ccc(Cl)c(Cl)c1. The van der Waals surface area contributed by atoms with Crippen molar-refractivity contribution in [3.63, 3.8) is 0 Å². The van der Waals surface area contributed by atoms with E-state index in [4.69, 9.17) is 28.9 Å². The highest BCUT2D eigenvalue weighted by molar-refractivity contribution is 6.42. The number of aromatic nitrogens is 2. The Hall–Kier alpha value is -2.41. The quantitative estimate of drug-likeness (QED) is 0.583. The van der Waals surface area contributed by atoms with Crippen molar-refractivity contribution in [2.75, 3.05) is 18.9 Å². The van der Waals surface area contributed by atoms with Gasteiger partial charge in [-0.05, 0) is 43.8 Å². The summed E-state index contributed by atoms with van der Waals surface area (Å²) < 4.78 is 0. The molecule has 3 aromatic rings. The molecule has 0 bridgehead atoms. The number of hydrogen-bond acceptors (Lipinski definition) is 5. The van der Waals surface area contributed by atoms with E-state index in [2.05, 4.69) is 20.6 Å². The minimum Gasteiger partial charge on any atom is -0.366 e. The molecule has 1 amide bonds. The molecule has 0 aliphatic heterocycles. The summed E-state index contributed by atoms with van der Waals surface area (Å²) in [5.41, 5.74) is 7.33. The van der Waals surface area contributed by atoms with Crippen molar-refractivity contribution in [3.05, 3.63) is 63.4 Å². The summed E-state index contributed by atoms with van der Waals surface area (Å²) in [4.78, 5) is 20.7. The number of carbonyl (C=O) groups excluding carboxylic acids is 1. The van der Waals surface area contributed by atoms with Crippen LogP contribution in [0.4, 0.5) is 5.82 Å². The highest BCUT2D eigenvalue weighted by Crippen LogP contribution is 2.29. The first kappa shape index (κ1) is 19.4. The number of carbonyl (C=O) groups is 1. The Morgan fingerprint density at radius 1 is 1.19 bits per heavy atom. The molecule has 4 N–H and O–H groups in total. The number of anilines is 1. The maximum atomic E-state index is 11.8. The van der Waals surface area contributed by atoms with Gasteiger partial charge in [0.1, 0.15) is 11.6 Å². The van der Waals surface area contributed by atoms with Gasteiger partial charge in [0, 0.05) is 11.9 Å². The molecule has 1 atom stereocenters. The molecule has 1 unspecified atom stereocenters. The molecule has 2 aromatic carbocycles. The van der Waals surface area contributed by atoms with Crippen LogP contribution in [0, 0.1) is 6.92 Å². The summed E-state index contributed by atoms with van der Waals surface area (Å²) >= 11 is 12.2. The standard InChI is InChI=1S/C19H19Cl2N5O/c1-10-24-17-12(18(22)27)4-3-5-13(17)19(25-10)26-16(9-23-2)11-6-7-14(20)15(21)8-11/h3-8,16,23H,9H2,1-2H3,(H2,22,27)(H,24,25,26). The van der Waals surface area contributed by atoms with E-state index >= 15 is 0 Å². The summed E-state index contributed by atoms with van der Waals surface area (Å²) in [5, 5.41) is 8.28. The highest BCUT2D eigenvalue weighted by Gasteiger charge is 2.17. The van der Waals surface area contributed by atoms with Crippen molar-refractivity contribution in [2.45, 2.75) is 13.0 Å². The van der Waals surface area contributed by atoms with Crippen LogP contribution in [0.25, 0.3) is 10.9 Å². The van der Waals surface area contributed by atoms with Gasteiger partial charge in [-0.15, -0.1) is 0 Å². The third-order valence-corrected chi connectivity index (χ3v) is 4.91. The second kappa shape index (κ2) is 8.08. The summed E-state index contributed by atoms with van der Waals surface area (Å²) in [6.45, 7) is 2.40.